The van der Waals surface area contributed by atoms with Crippen molar-refractivity contribution in [1.82, 2.24) is 10.2 Å². The molecule has 1 rings (SSSR count). The Labute approximate surface area is 101 Å². The molecule has 0 spiro atoms. The summed E-state index contributed by atoms with van der Waals surface area (Å²) in [4.78, 5) is 2.58. The van der Waals surface area contributed by atoms with E-state index in [1.165, 1.54) is 25.9 Å². The lowest BCUT2D eigenvalue weighted by Crippen LogP contribution is -2.50. The van der Waals surface area contributed by atoms with Gasteiger partial charge in [-0.1, -0.05) is 0 Å². The number of hydrogen-bond donors (Lipinski definition) is 1. The molecule has 0 bridgehead atoms. The summed E-state index contributed by atoms with van der Waals surface area (Å²) < 4.78 is 5.33. The molecule has 0 aromatic carbocycles. The molecule has 0 unspecified atom stereocenters. The Morgan fingerprint density at radius 1 is 1.25 bits per heavy atom. The monoisotopic (exact) mass is 228 g/mol. The number of hydrogen-bond acceptors (Lipinski definition) is 3. The van der Waals surface area contributed by atoms with Crippen molar-refractivity contribution >= 4 is 0 Å². The van der Waals surface area contributed by atoms with Crippen molar-refractivity contribution in [3.63, 3.8) is 0 Å². The lowest BCUT2D eigenvalue weighted by Gasteiger charge is -2.41. The van der Waals surface area contributed by atoms with Crippen molar-refractivity contribution in [2.45, 2.75) is 52.1 Å². The molecule has 1 heterocycles. The van der Waals surface area contributed by atoms with Crippen LogP contribution in [0.15, 0.2) is 0 Å². The molecule has 1 saturated heterocycles. The van der Waals surface area contributed by atoms with Gasteiger partial charge in [0, 0.05) is 37.8 Å². The molecule has 16 heavy (non-hydrogen) atoms. The number of piperidine rings is 1. The predicted molar refractivity (Wildman–Crippen MR) is 68.8 cm³/mol. The number of ether oxygens (including phenoxy) is 1. The summed E-state index contributed by atoms with van der Waals surface area (Å²) in [5.74, 6) is 0. The number of nitrogens with zero attached hydrogens (tertiary/aromatic N) is 1. The van der Waals surface area contributed by atoms with Crippen LogP contribution in [0.25, 0.3) is 0 Å². The fourth-order valence-corrected chi connectivity index (χ4v) is 2.23. The van der Waals surface area contributed by atoms with Crippen LogP contribution in [-0.4, -0.2) is 49.3 Å². The second-order valence-electron chi connectivity index (χ2n) is 5.58. The highest BCUT2D eigenvalue weighted by molar-refractivity contribution is 4.84. The van der Waals surface area contributed by atoms with Gasteiger partial charge in [-0.25, -0.2) is 0 Å². The van der Waals surface area contributed by atoms with Gasteiger partial charge in [-0.3, -0.25) is 4.90 Å². The van der Waals surface area contributed by atoms with Gasteiger partial charge in [0.25, 0.3) is 0 Å². The fraction of sp³-hybridized carbons (Fsp3) is 1.00. The lowest BCUT2D eigenvalue weighted by atomic mass is 9.98. The van der Waals surface area contributed by atoms with Crippen LogP contribution in [0.5, 0.6) is 0 Å². The Balaban J connectivity index is 2.12. The molecule has 1 fully saturated rings. The minimum atomic E-state index is 0.330. The molecule has 0 radical (unpaired) electrons. The third kappa shape index (κ3) is 4.81. The Hall–Kier alpha value is -0.120. The second-order valence-corrected chi connectivity index (χ2v) is 5.58. The molecule has 1 aliphatic rings. The Morgan fingerprint density at radius 2 is 1.88 bits per heavy atom. The van der Waals surface area contributed by atoms with Gasteiger partial charge in [0.2, 0.25) is 0 Å². The van der Waals surface area contributed by atoms with Gasteiger partial charge in [0.1, 0.15) is 0 Å². The largest absolute Gasteiger partial charge is 0.380 e. The second kappa shape index (κ2) is 6.58. The van der Waals surface area contributed by atoms with Gasteiger partial charge in [-0.05, 0) is 40.5 Å². The first-order valence-electron chi connectivity index (χ1n) is 6.60. The Bertz CT molecular complexity index is 181. The standard InChI is InChI=1S/C13H28N2O/c1-5-16-11-8-14-12-6-9-15(10-7-12)13(2,3)4/h12,14H,5-11H2,1-4H3. The number of likely N-dealkylation sites (tertiary alicyclic amines) is 1. The molecule has 0 amide bonds. The SMILES string of the molecule is CCOCCNC1CCN(C(C)(C)C)CC1. The van der Waals surface area contributed by atoms with Gasteiger partial charge in [-0.2, -0.15) is 0 Å². The predicted octanol–water partition coefficient (Wildman–Crippen LogP) is 1.88. The molecular formula is C13H28N2O. The summed E-state index contributed by atoms with van der Waals surface area (Å²) in [6.45, 7) is 14.0. The van der Waals surface area contributed by atoms with E-state index in [4.69, 9.17) is 4.74 Å². The topological polar surface area (TPSA) is 24.5 Å². The number of nitrogens with one attached hydrogen (secondary N) is 1. The zero-order valence-electron chi connectivity index (χ0n) is 11.4. The van der Waals surface area contributed by atoms with Crippen LogP contribution in [0.2, 0.25) is 0 Å². The van der Waals surface area contributed by atoms with E-state index in [-0.39, 0.29) is 0 Å². The summed E-state index contributed by atoms with van der Waals surface area (Å²) in [6.07, 6.45) is 2.53. The van der Waals surface area contributed by atoms with Crippen LogP contribution in [0.1, 0.15) is 40.5 Å². The van der Waals surface area contributed by atoms with Gasteiger partial charge in [0.05, 0.1) is 6.61 Å². The third-order valence-electron chi connectivity index (χ3n) is 3.33. The van der Waals surface area contributed by atoms with E-state index in [9.17, 15) is 0 Å². The highest BCUT2D eigenvalue weighted by Crippen LogP contribution is 2.19. The van der Waals surface area contributed by atoms with E-state index in [0.29, 0.717) is 11.6 Å². The van der Waals surface area contributed by atoms with E-state index >= 15 is 0 Å². The van der Waals surface area contributed by atoms with Crippen LogP contribution >= 0.6 is 0 Å². The highest BCUT2D eigenvalue weighted by atomic mass is 16.5. The minimum Gasteiger partial charge on any atom is -0.380 e. The molecule has 0 aliphatic carbocycles. The van der Waals surface area contributed by atoms with E-state index in [1.807, 2.05) is 6.92 Å². The van der Waals surface area contributed by atoms with E-state index < -0.39 is 0 Å². The molecular weight excluding hydrogens is 200 g/mol. The maximum absolute atomic E-state index is 5.33. The van der Waals surface area contributed by atoms with Crippen LogP contribution < -0.4 is 5.32 Å². The molecule has 0 aromatic heterocycles. The van der Waals surface area contributed by atoms with Crippen molar-refractivity contribution in [3.8, 4) is 0 Å². The van der Waals surface area contributed by atoms with E-state index in [1.54, 1.807) is 0 Å². The first-order chi connectivity index (χ1) is 7.54. The molecule has 0 atom stereocenters. The highest BCUT2D eigenvalue weighted by Gasteiger charge is 2.26. The van der Waals surface area contributed by atoms with Crippen molar-refractivity contribution in [3.05, 3.63) is 0 Å². The molecule has 0 saturated carbocycles. The Morgan fingerprint density at radius 3 is 2.38 bits per heavy atom. The zero-order valence-corrected chi connectivity index (χ0v) is 11.4. The maximum atomic E-state index is 5.33. The smallest absolute Gasteiger partial charge is 0.0590 e. The Kier molecular flexibility index (Phi) is 5.73. The van der Waals surface area contributed by atoms with Gasteiger partial charge in [-0.15, -0.1) is 0 Å². The van der Waals surface area contributed by atoms with E-state index in [2.05, 4.69) is 31.0 Å². The number of rotatable bonds is 5. The molecule has 96 valence electrons. The molecule has 0 aromatic rings. The van der Waals surface area contributed by atoms with E-state index in [0.717, 1.165) is 19.8 Å². The first-order valence-corrected chi connectivity index (χ1v) is 6.60. The molecule has 1 N–H and O–H groups in total. The summed E-state index contributed by atoms with van der Waals surface area (Å²) >= 11 is 0. The summed E-state index contributed by atoms with van der Waals surface area (Å²) in [5.41, 5.74) is 0.330. The molecule has 1 aliphatic heterocycles. The van der Waals surface area contributed by atoms with Crippen molar-refractivity contribution < 1.29 is 4.74 Å². The quantitative estimate of drug-likeness (QED) is 0.727. The average molecular weight is 228 g/mol. The average Bonchev–Trinajstić information content (AvgIpc) is 2.24. The third-order valence-corrected chi connectivity index (χ3v) is 3.33. The molecule has 3 nitrogen and oxygen atoms in total. The first kappa shape index (κ1) is 13.9. The van der Waals surface area contributed by atoms with Gasteiger partial charge >= 0.3 is 0 Å². The summed E-state index contributed by atoms with van der Waals surface area (Å²) in [7, 11) is 0. The van der Waals surface area contributed by atoms with Gasteiger partial charge < -0.3 is 10.1 Å². The normalized spacial score (nSPS) is 20.2. The zero-order chi connectivity index (χ0) is 12.0. The van der Waals surface area contributed by atoms with Crippen LogP contribution in [-0.2, 0) is 4.74 Å². The minimum absolute atomic E-state index is 0.330. The van der Waals surface area contributed by atoms with Crippen molar-refractivity contribution in [1.29, 1.82) is 0 Å². The lowest BCUT2D eigenvalue weighted by molar-refractivity contribution is 0.0916. The maximum Gasteiger partial charge on any atom is 0.0590 e. The van der Waals surface area contributed by atoms with Gasteiger partial charge in [0.15, 0.2) is 0 Å². The van der Waals surface area contributed by atoms with Crippen LogP contribution in [0, 0.1) is 0 Å². The summed E-state index contributed by atoms with van der Waals surface area (Å²) in [5, 5.41) is 3.58. The van der Waals surface area contributed by atoms with Crippen molar-refractivity contribution in [2.24, 2.45) is 0 Å². The van der Waals surface area contributed by atoms with Crippen LogP contribution in [0.3, 0.4) is 0 Å². The van der Waals surface area contributed by atoms with Crippen LogP contribution in [0.4, 0.5) is 0 Å². The summed E-state index contributed by atoms with van der Waals surface area (Å²) in [6, 6.07) is 0.694. The fourth-order valence-electron chi connectivity index (χ4n) is 2.23. The molecule has 3 heteroatoms. The van der Waals surface area contributed by atoms with Crippen molar-refractivity contribution in [2.75, 3.05) is 32.8 Å².